The van der Waals surface area contributed by atoms with Crippen molar-refractivity contribution in [3.05, 3.63) is 46.6 Å². The van der Waals surface area contributed by atoms with E-state index in [0.717, 1.165) is 40.8 Å². The molecule has 1 amide bonds. The predicted octanol–water partition coefficient (Wildman–Crippen LogP) is 5.11. The fraction of sp³-hybridized carbons (Fsp3) is 0.391. The van der Waals surface area contributed by atoms with Gasteiger partial charge in [0, 0.05) is 10.3 Å². The highest BCUT2D eigenvalue weighted by molar-refractivity contribution is 8.00. The smallest absolute Gasteiger partial charge is 0.341 e. The number of fused-ring (bicyclic) bond motifs is 2. The fourth-order valence-corrected chi connectivity index (χ4v) is 5.92. The molecule has 1 aromatic carbocycles. The molecular formula is C23H25N3O3S2. The Bertz CT molecular complexity index is 1120. The van der Waals surface area contributed by atoms with Crippen LogP contribution in [0.4, 0.5) is 5.00 Å². The molecule has 1 unspecified atom stereocenters. The van der Waals surface area contributed by atoms with Crippen LogP contribution in [-0.2, 0) is 22.4 Å². The van der Waals surface area contributed by atoms with Crippen LogP contribution < -0.4 is 5.32 Å². The lowest BCUT2D eigenvalue weighted by molar-refractivity contribution is -0.113. The van der Waals surface area contributed by atoms with Crippen molar-refractivity contribution in [3.63, 3.8) is 0 Å². The second-order valence-electron chi connectivity index (χ2n) is 8.04. The van der Waals surface area contributed by atoms with Crippen LogP contribution in [0.3, 0.4) is 0 Å². The third-order valence-electron chi connectivity index (χ3n) is 5.16. The van der Waals surface area contributed by atoms with Crippen molar-refractivity contribution in [2.45, 2.75) is 51.2 Å². The summed E-state index contributed by atoms with van der Waals surface area (Å²) in [5, 5.41) is 5.25. The standard InChI is InChI=1S/C23H25N3O3S2/c1-13(2)29-23(28)20-16-9-8-14(3)10-18(16)31-22(20)26-19(27)11-30-21-15-6-4-5-7-17(15)24-12-25-21/h4-7,12-14H,8-11H2,1-3H3,(H,26,27). The number of benzene rings is 1. The number of amides is 1. The fourth-order valence-electron chi connectivity index (χ4n) is 3.72. The first-order valence-corrected chi connectivity index (χ1v) is 12.2. The van der Waals surface area contributed by atoms with Crippen LogP contribution in [0, 0.1) is 5.92 Å². The third-order valence-corrected chi connectivity index (χ3v) is 7.33. The number of ether oxygens (including phenoxy) is 1. The van der Waals surface area contributed by atoms with Gasteiger partial charge < -0.3 is 10.1 Å². The van der Waals surface area contributed by atoms with E-state index >= 15 is 0 Å². The van der Waals surface area contributed by atoms with Gasteiger partial charge >= 0.3 is 5.97 Å². The summed E-state index contributed by atoms with van der Waals surface area (Å²) in [6.45, 7) is 5.88. The second-order valence-corrected chi connectivity index (χ2v) is 10.1. The number of hydrogen-bond donors (Lipinski definition) is 1. The highest BCUT2D eigenvalue weighted by Gasteiger charge is 2.29. The molecule has 31 heavy (non-hydrogen) atoms. The molecule has 0 aliphatic heterocycles. The molecule has 8 heteroatoms. The van der Waals surface area contributed by atoms with Crippen LogP contribution in [-0.4, -0.2) is 33.7 Å². The van der Waals surface area contributed by atoms with Crippen LogP contribution in [0.2, 0.25) is 0 Å². The van der Waals surface area contributed by atoms with Gasteiger partial charge in [0.25, 0.3) is 0 Å². The zero-order valence-electron chi connectivity index (χ0n) is 17.8. The number of carbonyl (C=O) groups is 2. The normalized spacial score (nSPS) is 15.7. The minimum Gasteiger partial charge on any atom is -0.459 e. The number of aromatic nitrogens is 2. The second kappa shape index (κ2) is 9.36. The lowest BCUT2D eigenvalue weighted by atomic mass is 9.88. The Balaban J connectivity index is 1.52. The molecule has 2 aromatic heterocycles. The quantitative estimate of drug-likeness (QED) is 0.316. The van der Waals surface area contributed by atoms with E-state index in [0.29, 0.717) is 16.5 Å². The number of anilines is 1. The first-order chi connectivity index (χ1) is 14.9. The van der Waals surface area contributed by atoms with E-state index in [1.165, 1.54) is 34.3 Å². The number of para-hydroxylation sites is 1. The monoisotopic (exact) mass is 455 g/mol. The van der Waals surface area contributed by atoms with Crippen molar-refractivity contribution < 1.29 is 14.3 Å². The molecule has 0 saturated heterocycles. The van der Waals surface area contributed by atoms with Gasteiger partial charge in [0.05, 0.1) is 22.9 Å². The van der Waals surface area contributed by atoms with Gasteiger partial charge in [0.2, 0.25) is 5.91 Å². The topological polar surface area (TPSA) is 81.2 Å². The number of thiophene rings is 1. The van der Waals surface area contributed by atoms with Gasteiger partial charge in [-0.15, -0.1) is 11.3 Å². The van der Waals surface area contributed by atoms with Gasteiger partial charge in [-0.2, -0.15) is 0 Å². The number of esters is 1. The minimum atomic E-state index is -0.355. The molecule has 162 valence electrons. The SMILES string of the molecule is CC1CCc2c(sc(NC(=O)CSc3ncnc4ccccc34)c2C(=O)OC(C)C)C1. The van der Waals surface area contributed by atoms with E-state index in [4.69, 9.17) is 4.74 Å². The van der Waals surface area contributed by atoms with Crippen LogP contribution in [0.15, 0.2) is 35.6 Å². The maximum Gasteiger partial charge on any atom is 0.341 e. The molecule has 1 N–H and O–H groups in total. The first-order valence-electron chi connectivity index (χ1n) is 10.4. The summed E-state index contributed by atoms with van der Waals surface area (Å²) in [6, 6.07) is 7.72. The summed E-state index contributed by atoms with van der Waals surface area (Å²) in [7, 11) is 0. The molecule has 1 aliphatic carbocycles. The van der Waals surface area contributed by atoms with Crippen LogP contribution in [0.5, 0.6) is 0 Å². The Morgan fingerprint density at radius 1 is 1.29 bits per heavy atom. The molecule has 0 bridgehead atoms. The van der Waals surface area contributed by atoms with Crippen molar-refractivity contribution in [1.82, 2.24) is 9.97 Å². The van der Waals surface area contributed by atoms with E-state index < -0.39 is 0 Å². The molecule has 3 aromatic rings. The zero-order valence-corrected chi connectivity index (χ0v) is 19.4. The summed E-state index contributed by atoms with van der Waals surface area (Å²) < 4.78 is 5.48. The number of nitrogens with one attached hydrogen (secondary N) is 1. The summed E-state index contributed by atoms with van der Waals surface area (Å²) in [5.74, 6) is 0.244. The molecule has 1 aliphatic rings. The van der Waals surface area contributed by atoms with E-state index in [1.807, 2.05) is 38.1 Å². The lowest BCUT2D eigenvalue weighted by Crippen LogP contribution is -2.19. The van der Waals surface area contributed by atoms with Crippen LogP contribution in [0.25, 0.3) is 10.9 Å². The molecule has 0 saturated carbocycles. The first kappa shape index (κ1) is 21.8. The highest BCUT2D eigenvalue weighted by atomic mass is 32.2. The molecule has 2 heterocycles. The average Bonchev–Trinajstić information content (AvgIpc) is 3.08. The van der Waals surface area contributed by atoms with E-state index in [2.05, 4.69) is 22.2 Å². The molecular weight excluding hydrogens is 430 g/mol. The Morgan fingerprint density at radius 3 is 2.90 bits per heavy atom. The van der Waals surface area contributed by atoms with Gasteiger partial charge in [-0.3, -0.25) is 4.79 Å². The number of nitrogens with zero attached hydrogens (tertiary/aromatic N) is 2. The van der Waals surface area contributed by atoms with Gasteiger partial charge in [-0.25, -0.2) is 14.8 Å². The molecule has 1 atom stereocenters. The van der Waals surface area contributed by atoms with Crippen molar-refractivity contribution >= 4 is 50.9 Å². The molecule has 0 fully saturated rings. The van der Waals surface area contributed by atoms with Gasteiger partial charge in [0.15, 0.2) is 0 Å². The number of thioether (sulfide) groups is 1. The van der Waals surface area contributed by atoms with Gasteiger partial charge in [0.1, 0.15) is 16.4 Å². The third kappa shape index (κ3) is 4.91. The number of carbonyl (C=O) groups excluding carboxylic acids is 2. The average molecular weight is 456 g/mol. The Labute approximate surface area is 189 Å². The number of rotatable bonds is 6. The largest absolute Gasteiger partial charge is 0.459 e. The lowest BCUT2D eigenvalue weighted by Gasteiger charge is -2.18. The summed E-state index contributed by atoms with van der Waals surface area (Å²) in [6.07, 6.45) is 4.11. The highest BCUT2D eigenvalue weighted by Crippen LogP contribution is 2.40. The Hall–Kier alpha value is -2.45. The Kier molecular flexibility index (Phi) is 6.57. The maximum atomic E-state index is 12.8. The Morgan fingerprint density at radius 2 is 2.10 bits per heavy atom. The van der Waals surface area contributed by atoms with Gasteiger partial charge in [-0.05, 0) is 50.7 Å². The zero-order chi connectivity index (χ0) is 22.0. The minimum absolute atomic E-state index is 0.169. The van der Waals surface area contributed by atoms with Crippen molar-refractivity contribution in [2.75, 3.05) is 11.1 Å². The maximum absolute atomic E-state index is 12.8. The van der Waals surface area contributed by atoms with E-state index in [-0.39, 0.29) is 23.7 Å². The van der Waals surface area contributed by atoms with Crippen LogP contribution in [0.1, 0.15) is 48.0 Å². The molecule has 0 spiro atoms. The van der Waals surface area contributed by atoms with Crippen molar-refractivity contribution in [2.24, 2.45) is 5.92 Å². The van der Waals surface area contributed by atoms with E-state index in [1.54, 1.807) is 0 Å². The van der Waals surface area contributed by atoms with Gasteiger partial charge in [-0.1, -0.05) is 36.9 Å². The van der Waals surface area contributed by atoms with Crippen molar-refractivity contribution in [1.29, 1.82) is 0 Å². The summed E-state index contributed by atoms with van der Waals surface area (Å²) >= 11 is 2.87. The molecule has 6 nitrogen and oxygen atoms in total. The summed E-state index contributed by atoms with van der Waals surface area (Å²) in [5.41, 5.74) is 2.42. The summed E-state index contributed by atoms with van der Waals surface area (Å²) in [4.78, 5) is 35.3. The van der Waals surface area contributed by atoms with Crippen LogP contribution >= 0.6 is 23.1 Å². The van der Waals surface area contributed by atoms with Crippen molar-refractivity contribution in [3.8, 4) is 0 Å². The number of hydrogen-bond acceptors (Lipinski definition) is 7. The molecule has 4 rings (SSSR count). The van der Waals surface area contributed by atoms with E-state index in [9.17, 15) is 9.59 Å². The predicted molar refractivity (Wildman–Crippen MR) is 125 cm³/mol. The molecule has 0 radical (unpaired) electrons.